The van der Waals surface area contributed by atoms with Crippen molar-refractivity contribution in [3.8, 4) is 0 Å². The van der Waals surface area contributed by atoms with Crippen LogP contribution in [0.3, 0.4) is 0 Å². The summed E-state index contributed by atoms with van der Waals surface area (Å²) < 4.78 is 0. The van der Waals surface area contributed by atoms with Gasteiger partial charge in [-0.2, -0.15) is 0 Å². The van der Waals surface area contributed by atoms with Crippen molar-refractivity contribution < 1.29 is 19.8 Å². The van der Waals surface area contributed by atoms with E-state index in [-0.39, 0.29) is 25.5 Å². The first-order valence-corrected chi connectivity index (χ1v) is 6.26. The normalized spacial score (nSPS) is 17.8. The Morgan fingerprint density at radius 1 is 1.35 bits per heavy atom. The van der Waals surface area contributed by atoms with Crippen molar-refractivity contribution in [1.29, 1.82) is 0 Å². The van der Waals surface area contributed by atoms with Gasteiger partial charge in [0.2, 0.25) is 5.91 Å². The second-order valence-corrected chi connectivity index (χ2v) is 3.16. The molecule has 0 bridgehead atoms. The summed E-state index contributed by atoms with van der Waals surface area (Å²) in [5.41, 5.74) is 0. The summed E-state index contributed by atoms with van der Waals surface area (Å²) >= 11 is 0. The Bertz CT molecular complexity index is 219. The molecule has 5 heteroatoms. The number of carboxylic acids is 1. The van der Waals surface area contributed by atoms with Gasteiger partial charge in [-0.15, -0.1) is 0 Å². The second-order valence-electron chi connectivity index (χ2n) is 3.16. The van der Waals surface area contributed by atoms with Gasteiger partial charge in [0.25, 0.3) is 0 Å². The van der Waals surface area contributed by atoms with Crippen LogP contribution in [0.25, 0.3) is 0 Å². The lowest BCUT2D eigenvalue weighted by Crippen LogP contribution is -2.27. The molecule has 0 spiro atoms. The Morgan fingerprint density at radius 3 is 2.24 bits per heavy atom. The molecular formula is C12H25NO4. The lowest BCUT2D eigenvalue weighted by molar-refractivity contribution is -0.141. The number of nitrogens with zero attached hydrogens (tertiary/aromatic N) is 1. The zero-order valence-electron chi connectivity index (χ0n) is 11.3. The standard InChI is InChI=1S/C8H13NO4.2C2H6/c10-3-1-2-9-5-6(8(12)13)4-7(9)11;2*1-2/h6,10H,1-5H2,(H,12,13);2*1-2H3. The number of amides is 1. The SMILES string of the molecule is CC.CC.O=C(O)C1CC(=O)N(CCCO)C1. The highest BCUT2D eigenvalue weighted by atomic mass is 16.4. The van der Waals surface area contributed by atoms with E-state index < -0.39 is 11.9 Å². The molecule has 1 aliphatic heterocycles. The Labute approximate surface area is 103 Å². The molecule has 0 aromatic heterocycles. The maximum atomic E-state index is 11.2. The summed E-state index contributed by atoms with van der Waals surface area (Å²) in [6.07, 6.45) is 0.610. The van der Waals surface area contributed by atoms with Crippen LogP contribution in [-0.4, -0.2) is 46.7 Å². The first kappa shape index (κ1) is 18.3. The summed E-state index contributed by atoms with van der Waals surface area (Å²) in [7, 11) is 0. The lowest BCUT2D eigenvalue weighted by atomic mass is 10.1. The molecule has 1 amide bonds. The van der Waals surface area contributed by atoms with Gasteiger partial charge < -0.3 is 15.1 Å². The minimum absolute atomic E-state index is 0.0293. The number of aliphatic hydroxyl groups excluding tert-OH is 1. The third kappa shape index (κ3) is 6.94. The molecule has 0 radical (unpaired) electrons. The van der Waals surface area contributed by atoms with Gasteiger partial charge in [-0.1, -0.05) is 27.7 Å². The topological polar surface area (TPSA) is 77.8 Å². The molecule has 1 unspecified atom stereocenters. The molecule has 5 nitrogen and oxygen atoms in total. The molecule has 0 aliphatic carbocycles. The molecule has 102 valence electrons. The van der Waals surface area contributed by atoms with Crippen molar-refractivity contribution in [1.82, 2.24) is 4.90 Å². The van der Waals surface area contributed by atoms with Gasteiger partial charge in [0, 0.05) is 26.1 Å². The van der Waals surface area contributed by atoms with Crippen LogP contribution in [0.1, 0.15) is 40.5 Å². The van der Waals surface area contributed by atoms with Gasteiger partial charge in [0.05, 0.1) is 5.92 Å². The fourth-order valence-electron chi connectivity index (χ4n) is 1.42. The summed E-state index contributed by atoms with van der Waals surface area (Å²) in [5.74, 6) is -1.60. The predicted molar refractivity (Wildman–Crippen MR) is 66.7 cm³/mol. The molecule has 1 atom stereocenters. The lowest BCUT2D eigenvalue weighted by Gasteiger charge is -2.14. The van der Waals surface area contributed by atoms with Gasteiger partial charge in [0.1, 0.15) is 0 Å². The fraction of sp³-hybridized carbons (Fsp3) is 0.833. The summed E-state index contributed by atoms with van der Waals surface area (Å²) in [6.45, 7) is 8.77. The third-order valence-electron chi connectivity index (χ3n) is 2.15. The van der Waals surface area contributed by atoms with Gasteiger partial charge in [-0.25, -0.2) is 0 Å². The molecular weight excluding hydrogens is 222 g/mol. The zero-order chi connectivity index (χ0) is 13.8. The van der Waals surface area contributed by atoms with Crippen molar-refractivity contribution in [2.24, 2.45) is 5.92 Å². The van der Waals surface area contributed by atoms with Crippen LogP contribution >= 0.6 is 0 Å². The Kier molecular flexibility index (Phi) is 12.2. The molecule has 2 N–H and O–H groups in total. The van der Waals surface area contributed by atoms with Gasteiger partial charge in [-0.3, -0.25) is 9.59 Å². The number of hydrogen-bond donors (Lipinski definition) is 2. The molecule has 0 aromatic carbocycles. The summed E-state index contributed by atoms with van der Waals surface area (Å²) in [5, 5.41) is 17.2. The molecule has 1 aliphatic rings. The quantitative estimate of drug-likeness (QED) is 0.786. The highest BCUT2D eigenvalue weighted by Crippen LogP contribution is 2.17. The van der Waals surface area contributed by atoms with Crippen LogP contribution in [0, 0.1) is 5.92 Å². The number of aliphatic carboxylic acids is 1. The number of likely N-dealkylation sites (tertiary alicyclic amines) is 1. The van der Waals surface area contributed by atoms with Crippen LogP contribution in [0.5, 0.6) is 0 Å². The average molecular weight is 247 g/mol. The highest BCUT2D eigenvalue weighted by Gasteiger charge is 2.33. The minimum Gasteiger partial charge on any atom is -0.481 e. The van der Waals surface area contributed by atoms with E-state index in [4.69, 9.17) is 10.2 Å². The first-order chi connectivity index (χ1) is 8.15. The second kappa shape index (κ2) is 11.4. The van der Waals surface area contributed by atoms with Gasteiger partial charge in [-0.05, 0) is 6.42 Å². The Hall–Kier alpha value is -1.10. The van der Waals surface area contributed by atoms with Crippen LogP contribution < -0.4 is 0 Å². The van der Waals surface area contributed by atoms with Crippen molar-refractivity contribution in [2.75, 3.05) is 19.7 Å². The average Bonchev–Trinajstić information content (AvgIpc) is 2.73. The van der Waals surface area contributed by atoms with E-state index in [1.54, 1.807) is 0 Å². The van der Waals surface area contributed by atoms with Gasteiger partial charge >= 0.3 is 5.97 Å². The summed E-state index contributed by atoms with van der Waals surface area (Å²) in [6, 6.07) is 0. The number of carbonyl (C=O) groups excluding carboxylic acids is 1. The van der Waals surface area contributed by atoms with Crippen molar-refractivity contribution in [3.63, 3.8) is 0 Å². The Balaban J connectivity index is 0. The zero-order valence-corrected chi connectivity index (χ0v) is 11.3. The minimum atomic E-state index is -0.917. The van der Waals surface area contributed by atoms with E-state index in [0.29, 0.717) is 13.0 Å². The molecule has 1 rings (SSSR count). The van der Waals surface area contributed by atoms with Crippen molar-refractivity contribution >= 4 is 11.9 Å². The van der Waals surface area contributed by atoms with Crippen LogP contribution in [0.15, 0.2) is 0 Å². The molecule has 1 fully saturated rings. The molecule has 0 saturated carbocycles. The van der Waals surface area contributed by atoms with E-state index in [1.165, 1.54) is 4.90 Å². The van der Waals surface area contributed by atoms with Crippen molar-refractivity contribution in [2.45, 2.75) is 40.5 Å². The molecule has 17 heavy (non-hydrogen) atoms. The van der Waals surface area contributed by atoms with E-state index in [0.717, 1.165) is 0 Å². The highest BCUT2D eigenvalue weighted by molar-refractivity contribution is 5.86. The number of hydrogen-bond acceptors (Lipinski definition) is 3. The fourth-order valence-corrected chi connectivity index (χ4v) is 1.42. The number of carbonyl (C=O) groups is 2. The monoisotopic (exact) mass is 247 g/mol. The van der Waals surface area contributed by atoms with E-state index in [2.05, 4.69) is 0 Å². The predicted octanol–water partition coefficient (Wildman–Crippen LogP) is 1.35. The third-order valence-corrected chi connectivity index (χ3v) is 2.15. The molecule has 0 aromatic rings. The Morgan fingerprint density at radius 2 is 1.88 bits per heavy atom. The van der Waals surface area contributed by atoms with E-state index in [9.17, 15) is 9.59 Å². The number of aliphatic hydroxyl groups is 1. The van der Waals surface area contributed by atoms with Gasteiger partial charge in [0.15, 0.2) is 0 Å². The largest absolute Gasteiger partial charge is 0.481 e. The van der Waals surface area contributed by atoms with Crippen LogP contribution in [0.2, 0.25) is 0 Å². The molecule has 1 saturated heterocycles. The van der Waals surface area contributed by atoms with E-state index in [1.807, 2.05) is 27.7 Å². The number of carboxylic acid groups (broad SMARTS) is 1. The maximum absolute atomic E-state index is 11.2. The maximum Gasteiger partial charge on any atom is 0.308 e. The van der Waals surface area contributed by atoms with Crippen LogP contribution in [-0.2, 0) is 9.59 Å². The van der Waals surface area contributed by atoms with E-state index >= 15 is 0 Å². The van der Waals surface area contributed by atoms with Crippen LogP contribution in [0.4, 0.5) is 0 Å². The van der Waals surface area contributed by atoms with Crippen molar-refractivity contribution in [3.05, 3.63) is 0 Å². The number of rotatable bonds is 4. The smallest absolute Gasteiger partial charge is 0.308 e. The summed E-state index contributed by atoms with van der Waals surface area (Å²) in [4.78, 5) is 23.2. The molecule has 1 heterocycles. The first-order valence-electron chi connectivity index (χ1n) is 6.26.